The van der Waals surface area contributed by atoms with Crippen molar-refractivity contribution in [2.75, 3.05) is 25.4 Å². The van der Waals surface area contributed by atoms with Gasteiger partial charge >= 0.3 is 0 Å². The molecule has 1 aliphatic heterocycles. The van der Waals surface area contributed by atoms with Gasteiger partial charge in [-0.25, -0.2) is 12.7 Å². The van der Waals surface area contributed by atoms with Gasteiger partial charge in [-0.05, 0) is 48.6 Å². The van der Waals surface area contributed by atoms with E-state index in [9.17, 15) is 13.2 Å². The van der Waals surface area contributed by atoms with E-state index in [4.69, 9.17) is 23.2 Å². The normalized spacial score (nSPS) is 17.3. The van der Waals surface area contributed by atoms with Crippen LogP contribution in [0.4, 0.5) is 0 Å². The summed E-state index contributed by atoms with van der Waals surface area (Å²) >= 11 is 13.7. The number of carbonyl (C=O) groups is 1. The minimum atomic E-state index is -3.55. The molecule has 1 amide bonds. The third-order valence-corrected chi connectivity index (χ3v) is 9.11. The molecule has 2 aromatic carbocycles. The number of halogens is 2. The topological polar surface area (TPSA) is 66.5 Å². The molecule has 2 aromatic rings. The van der Waals surface area contributed by atoms with Gasteiger partial charge in [-0.1, -0.05) is 53.5 Å². The monoisotopic (exact) mass is 514 g/mol. The van der Waals surface area contributed by atoms with Crippen LogP contribution in [0.2, 0.25) is 10.0 Å². The highest BCUT2D eigenvalue weighted by Crippen LogP contribution is 2.26. The van der Waals surface area contributed by atoms with E-state index < -0.39 is 10.0 Å². The van der Waals surface area contributed by atoms with Crippen LogP contribution in [0.25, 0.3) is 0 Å². The van der Waals surface area contributed by atoms with Crippen molar-refractivity contribution in [2.24, 2.45) is 5.92 Å². The average Bonchev–Trinajstić information content (AvgIpc) is 2.77. The Bertz CT molecular complexity index is 1050. The zero-order valence-corrected chi connectivity index (χ0v) is 21.2. The number of benzene rings is 2. The standard InChI is InChI=1S/C23H28Cl2N2O3S2/c1-17-5-2-3-6-20(17)15-31-12-10-26-23(28)19-7-4-11-27(14-19)32(29,30)16-18-8-9-21(24)22(25)13-18/h2-3,5-6,8-9,13,19H,4,7,10-12,14-16H2,1H3,(H,26,28). The van der Waals surface area contributed by atoms with Crippen LogP contribution >= 0.6 is 35.0 Å². The Hall–Kier alpha value is -1.25. The first kappa shape index (κ1) is 25.4. The van der Waals surface area contributed by atoms with E-state index in [1.165, 1.54) is 15.4 Å². The molecule has 1 fully saturated rings. The number of thioether (sulfide) groups is 1. The fourth-order valence-corrected chi connectivity index (χ4v) is 6.54. The Morgan fingerprint density at radius 2 is 1.97 bits per heavy atom. The Balaban J connectivity index is 1.46. The van der Waals surface area contributed by atoms with Crippen LogP contribution in [0.3, 0.4) is 0 Å². The highest BCUT2D eigenvalue weighted by molar-refractivity contribution is 7.98. The first-order valence-corrected chi connectivity index (χ1v) is 14.1. The van der Waals surface area contributed by atoms with Gasteiger partial charge < -0.3 is 5.32 Å². The summed E-state index contributed by atoms with van der Waals surface area (Å²) in [7, 11) is -3.55. The summed E-state index contributed by atoms with van der Waals surface area (Å²) in [6, 6.07) is 13.1. The summed E-state index contributed by atoms with van der Waals surface area (Å²) < 4.78 is 27.2. The van der Waals surface area contributed by atoms with Crippen LogP contribution in [0.1, 0.15) is 29.5 Å². The van der Waals surface area contributed by atoms with Crippen molar-refractivity contribution in [2.45, 2.75) is 31.3 Å². The minimum absolute atomic E-state index is 0.0732. The van der Waals surface area contributed by atoms with E-state index in [0.717, 1.165) is 11.5 Å². The largest absolute Gasteiger partial charge is 0.355 e. The second-order valence-corrected chi connectivity index (χ2v) is 11.9. The van der Waals surface area contributed by atoms with Gasteiger partial charge in [0.15, 0.2) is 0 Å². The molecular formula is C23H28Cl2N2O3S2. The lowest BCUT2D eigenvalue weighted by molar-refractivity contribution is -0.125. The minimum Gasteiger partial charge on any atom is -0.355 e. The van der Waals surface area contributed by atoms with Crippen LogP contribution in [0.15, 0.2) is 42.5 Å². The van der Waals surface area contributed by atoms with Crippen molar-refractivity contribution in [3.8, 4) is 0 Å². The number of amides is 1. The van der Waals surface area contributed by atoms with Crippen molar-refractivity contribution in [3.63, 3.8) is 0 Å². The first-order chi connectivity index (χ1) is 15.3. The van der Waals surface area contributed by atoms with Gasteiger partial charge in [-0.3, -0.25) is 4.79 Å². The highest BCUT2D eigenvalue weighted by atomic mass is 35.5. The predicted octanol–water partition coefficient (Wildman–Crippen LogP) is 4.89. The smallest absolute Gasteiger partial charge is 0.224 e. The maximum atomic E-state index is 12.9. The molecule has 3 rings (SSSR count). The van der Waals surface area contributed by atoms with E-state index in [1.54, 1.807) is 30.0 Å². The lowest BCUT2D eigenvalue weighted by Gasteiger charge is -2.31. The molecule has 1 aliphatic rings. The van der Waals surface area contributed by atoms with Crippen LogP contribution in [0.5, 0.6) is 0 Å². The molecule has 1 atom stereocenters. The number of nitrogens with one attached hydrogen (secondary N) is 1. The molecule has 1 heterocycles. The average molecular weight is 516 g/mol. The van der Waals surface area contributed by atoms with Crippen LogP contribution in [-0.2, 0) is 26.3 Å². The van der Waals surface area contributed by atoms with Crippen molar-refractivity contribution >= 4 is 50.9 Å². The second-order valence-electron chi connectivity index (χ2n) is 7.97. The summed E-state index contributed by atoms with van der Waals surface area (Å²) in [5.41, 5.74) is 3.16. The van der Waals surface area contributed by atoms with Crippen molar-refractivity contribution < 1.29 is 13.2 Å². The summed E-state index contributed by atoms with van der Waals surface area (Å²) in [4.78, 5) is 12.6. The van der Waals surface area contributed by atoms with Crippen molar-refractivity contribution in [1.82, 2.24) is 9.62 Å². The zero-order chi connectivity index (χ0) is 23.1. The van der Waals surface area contributed by atoms with Crippen molar-refractivity contribution in [1.29, 1.82) is 0 Å². The number of sulfonamides is 1. The van der Waals surface area contributed by atoms with Gasteiger partial charge in [-0.15, -0.1) is 0 Å². The fourth-order valence-electron chi connectivity index (χ4n) is 3.69. The maximum Gasteiger partial charge on any atom is 0.224 e. The second kappa shape index (κ2) is 11.7. The SMILES string of the molecule is Cc1ccccc1CSCCNC(=O)C1CCCN(S(=O)(=O)Cc2ccc(Cl)c(Cl)c2)C1. The molecule has 1 N–H and O–H groups in total. The van der Waals surface area contributed by atoms with E-state index in [0.29, 0.717) is 41.5 Å². The van der Waals surface area contributed by atoms with E-state index in [-0.39, 0.29) is 24.1 Å². The van der Waals surface area contributed by atoms with Crippen LogP contribution in [-0.4, -0.2) is 44.0 Å². The number of nitrogens with zero attached hydrogens (tertiary/aromatic N) is 1. The van der Waals surface area contributed by atoms with E-state index in [2.05, 4.69) is 24.4 Å². The van der Waals surface area contributed by atoms with Gasteiger partial charge in [-0.2, -0.15) is 11.8 Å². The molecule has 5 nitrogen and oxygen atoms in total. The van der Waals surface area contributed by atoms with Gasteiger partial charge in [0.05, 0.1) is 21.7 Å². The number of hydrogen-bond acceptors (Lipinski definition) is 4. The van der Waals surface area contributed by atoms with Gasteiger partial charge in [0.25, 0.3) is 0 Å². The highest BCUT2D eigenvalue weighted by Gasteiger charge is 2.32. The Labute approximate surface area is 204 Å². The van der Waals surface area contributed by atoms with Gasteiger partial charge in [0.1, 0.15) is 0 Å². The summed E-state index contributed by atoms with van der Waals surface area (Å²) in [6.07, 6.45) is 1.36. The summed E-state index contributed by atoms with van der Waals surface area (Å²) in [5, 5.41) is 3.69. The third-order valence-electron chi connectivity index (χ3n) is 5.55. The molecular weight excluding hydrogens is 487 g/mol. The molecule has 1 saturated heterocycles. The lowest BCUT2D eigenvalue weighted by Crippen LogP contribution is -2.46. The Kier molecular flexibility index (Phi) is 9.32. The molecule has 0 saturated carbocycles. The fraction of sp³-hybridized carbons (Fsp3) is 0.435. The van der Waals surface area contributed by atoms with Crippen molar-refractivity contribution in [3.05, 3.63) is 69.2 Å². The molecule has 9 heteroatoms. The summed E-state index contributed by atoms with van der Waals surface area (Å²) in [6.45, 7) is 3.32. The first-order valence-electron chi connectivity index (χ1n) is 10.6. The Morgan fingerprint density at radius 3 is 2.72 bits per heavy atom. The molecule has 0 aliphatic carbocycles. The molecule has 0 spiro atoms. The van der Waals surface area contributed by atoms with Crippen LogP contribution < -0.4 is 5.32 Å². The number of piperidine rings is 1. The molecule has 174 valence electrons. The third kappa shape index (κ3) is 7.12. The molecule has 32 heavy (non-hydrogen) atoms. The number of carbonyl (C=O) groups excluding carboxylic acids is 1. The van der Waals surface area contributed by atoms with Gasteiger partial charge in [0.2, 0.25) is 15.9 Å². The summed E-state index contributed by atoms with van der Waals surface area (Å²) in [5.74, 6) is 1.16. The quantitative estimate of drug-likeness (QED) is 0.483. The molecule has 0 aromatic heterocycles. The molecule has 0 radical (unpaired) electrons. The molecule has 0 bridgehead atoms. The number of rotatable bonds is 9. The Morgan fingerprint density at radius 1 is 1.19 bits per heavy atom. The van der Waals surface area contributed by atoms with E-state index >= 15 is 0 Å². The van der Waals surface area contributed by atoms with E-state index in [1.807, 2.05) is 12.1 Å². The maximum absolute atomic E-state index is 12.9. The zero-order valence-electron chi connectivity index (χ0n) is 18.0. The van der Waals surface area contributed by atoms with Gasteiger partial charge in [0, 0.05) is 31.1 Å². The number of aryl methyl sites for hydroxylation is 1. The molecule has 1 unspecified atom stereocenters. The number of hydrogen-bond donors (Lipinski definition) is 1. The predicted molar refractivity (Wildman–Crippen MR) is 134 cm³/mol. The lowest BCUT2D eigenvalue weighted by atomic mass is 9.99. The van der Waals surface area contributed by atoms with Crippen LogP contribution in [0, 0.1) is 12.8 Å².